The summed E-state index contributed by atoms with van der Waals surface area (Å²) in [4.78, 5) is 5.29. The first kappa shape index (κ1) is 16.9. The van der Waals surface area contributed by atoms with Crippen molar-refractivity contribution in [3.8, 4) is 0 Å². The number of ether oxygens (including phenoxy) is 1. The largest absolute Gasteiger partial charge is 0.376 e. The Hall–Kier alpha value is -0.900. The first-order chi connectivity index (χ1) is 11.1. The van der Waals surface area contributed by atoms with E-state index in [4.69, 9.17) is 4.74 Å². The Labute approximate surface area is 141 Å². The summed E-state index contributed by atoms with van der Waals surface area (Å²) in [6.07, 6.45) is 3.62. The van der Waals surface area contributed by atoms with Crippen molar-refractivity contribution in [1.82, 2.24) is 9.80 Å². The molecule has 0 saturated carbocycles. The maximum Gasteiger partial charge on any atom is 0.0629 e. The third-order valence-electron chi connectivity index (χ3n) is 5.34. The van der Waals surface area contributed by atoms with Crippen LogP contribution in [0.3, 0.4) is 0 Å². The molecule has 2 heterocycles. The number of hydrogen-bond acceptors (Lipinski definition) is 3. The van der Waals surface area contributed by atoms with E-state index in [2.05, 4.69) is 54.0 Å². The van der Waals surface area contributed by atoms with Crippen molar-refractivity contribution in [2.45, 2.75) is 38.7 Å². The smallest absolute Gasteiger partial charge is 0.0629 e. The van der Waals surface area contributed by atoms with Crippen LogP contribution in [0.4, 0.5) is 0 Å². The summed E-state index contributed by atoms with van der Waals surface area (Å²) in [5, 5.41) is 0. The van der Waals surface area contributed by atoms with Crippen LogP contribution in [-0.4, -0.2) is 61.3 Å². The molecule has 1 unspecified atom stereocenters. The Kier molecular flexibility index (Phi) is 5.73. The first-order valence-electron chi connectivity index (χ1n) is 9.23. The summed E-state index contributed by atoms with van der Waals surface area (Å²) < 4.78 is 5.85. The molecule has 0 spiro atoms. The highest BCUT2D eigenvalue weighted by atomic mass is 16.5. The molecular weight excluding hydrogens is 284 g/mol. The SMILES string of the molecule is CC1(C)CC(CN2CCN(CCc3ccccc3)CC2)CCO1. The van der Waals surface area contributed by atoms with Crippen molar-refractivity contribution in [1.29, 1.82) is 0 Å². The van der Waals surface area contributed by atoms with Crippen LogP contribution in [0.15, 0.2) is 30.3 Å². The molecule has 0 bridgehead atoms. The highest BCUT2D eigenvalue weighted by Gasteiger charge is 2.30. The van der Waals surface area contributed by atoms with E-state index < -0.39 is 0 Å². The molecule has 2 aliphatic rings. The van der Waals surface area contributed by atoms with Crippen molar-refractivity contribution in [3.05, 3.63) is 35.9 Å². The second kappa shape index (κ2) is 7.78. The van der Waals surface area contributed by atoms with Gasteiger partial charge in [0, 0.05) is 45.9 Å². The molecule has 3 nitrogen and oxygen atoms in total. The molecule has 0 amide bonds. The topological polar surface area (TPSA) is 15.7 Å². The van der Waals surface area contributed by atoms with Gasteiger partial charge >= 0.3 is 0 Å². The summed E-state index contributed by atoms with van der Waals surface area (Å²) in [7, 11) is 0. The van der Waals surface area contributed by atoms with Crippen molar-refractivity contribution >= 4 is 0 Å². The monoisotopic (exact) mass is 316 g/mol. The van der Waals surface area contributed by atoms with Gasteiger partial charge in [-0.25, -0.2) is 0 Å². The maximum atomic E-state index is 5.85. The van der Waals surface area contributed by atoms with Crippen molar-refractivity contribution in [2.24, 2.45) is 5.92 Å². The molecule has 0 N–H and O–H groups in total. The molecule has 0 radical (unpaired) electrons. The van der Waals surface area contributed by atoms with Crippen LogP contribution in [0.1, 0.15) is 32.3 Å². The van der Waals surface area contributed by atoms with Gasteiger partial charge in [0.2, 0.25) is 0 Å². The van der Waals surface area contributed by atoms with Gasteiger partial charge in [-0.1, -0.05) is 30.3 Å². The molecule has 2 saturated heterocycles. The Morgan fingerprint density at radius 3 is 2.43 bits per heavy atom. The van der Waals surface area contributed by atoms with Crippen LogP contribution in [0.5, 0.6) is 0 Å². The van der Waals surface area contributed by atoms with E-state index >= 15 is 0 Å². The second-order valence-electron chi connectivity index (χ2n) is 7.84. The number of piperazine rings is 1. The number of hydrogen-bond donors (Lipinski definition) is 0. The standard InChI is InChI=1S/C20H32N2O/c1-20(2)16-19(9-15-23-20)17-22-13-11-21(12-14-22)10-8-18-6-4-3-5-7-18/h3-7,19H,8-17H2,1-2H3. The van der Waals surface area contributed by atoms with E-state index in [-0.39, 0.29) is 5.60 Å². The minimum atomic E-state index is 0.0838. The van der Waals surface area contributed by atoms with Gasteiger partial charge in [-0.15, -0.1) is 0 Å². The number of rotatable bonds is 5. The summed E-state index contributed by atoms with van der Waals surface area (Å²) >= 11 is 0. The van der Waals surface area contributed by atoms with Gasteiger partial charge in [0.15, 0.2) is 0 Å². The molecule has 0 aliphatic carbocycles. The van der Waals surface area contributed by atoms with Crippen LogP contribution >= 0.6 is 0 Å². The normalized spacial score (nSPS) is 26.3. The zero-order valence-corrected chi connectivity index (χ0v) is 14.8. The Balaban J connectivity index is 1.37. The lowest BCUT2D eigenvalue weighted by atomic mass is 9.88. The minimum Gasteiger partial charge on any atom is -0.376 e. The molecule has 1 aromatic rings. The zero-order valence-electron chi connectivity index (χ0n) is 14.8. The third-order valence-corrected chi connectivity index (χ3v) is 5.34. The summed E-state index contributed by atoms with van der Waals surface area (Å²) in [6, 6.07) is 10.9. The molecule has 1 atom stereocenters. The average Bonchev–Trinajstić information content (AvgIpc) is 2.54. The fraction of sp³-hybridized carbons (Fsp3) is 0.700. The van der Waals surface area contributed by atoms with Gasteiger partial charge in [-0.05, 0) is 44.6 Å². The molecule has 0 aromatic heterocycles. The van der Waals surface area contributed by atoms with Crippen molar-refractivity contribution < 1.29 is 4.74 Å². The van der Waals surface area contributed by atoms with Gasteiger partial charge in [0.1, 0.15) is 0 Å². The Bertz CT molecular complexity index is 466. The van der Waals surface area contributed by atoms with E-state index in [1.807, 2.05) is 0 Å². The third kappa shape index (κ3) is 5.30. The van der Waals surface area contributed by atoms with Crippen molar-refractivity contribution in [2.75, 3.05) is 45.9 Å². The fourth-order valence-electron chi connectivity index (χ4n) is 4.01. The molecule has 3 heteroatoms. The maximum absolute atomic E-state index is 5.85. The minimum absolute atomic E-state index is 0.0838. The van der Waals surface area contributed by atoms with Gasteiger partial charge in [-0.3, -0.25) is 0 Å². The van der Waals surface area contributed by atoms with Crippen LogP contribution in [0.2, 0.25) is 0 Å². The van der Waals surface area contributed by atoms with Crippen LogP contribution in [0, 0.1) is 5.92 Å². The van der Waals surface area contributed by atoms with Gasteiger partial charge in [-0.2, -0.15) is 0 Å². The average molecular weight is 316 g/mol. The molecule has 2 fully saturated rings. The molecule has 128 valence electrons. The van der Waals surface area contributed by atoms with Crippen molar-refractivity contribution in [3.63, 3.8) is 0 Å². The van der Waals surface area contributed by atoms with Crippen LogP contribution in [0.25, 0.3) is 0 Å². The van der Waals surface area contributed by atoms with Gasteiger partial charge in [0.25, 0.3) is 0 Å². The highest BCUT2D eigenvalue weighted by molar-refractivity contribution is 5.14. The molecule has 2 aliphatic heterocycles. The lowest BCUT2D eigenvalue weighted by Gasteiger charge is -2.40. The number of nitrogens with zero attached hydrogens (tertiary/aromatic N) is 2. The molecule has 1 aromatic carbocycles. The predicted octanol–water partition coefficient (Wildman–Crippen LogP) is 3.05. The van der Waals surface area contributed by atoms with E-state index in [1.54, 1.807) is 0 Å². The van der Waals surface area contributed by atoms with Gasteiger partial charge < -0.3 is 14.5 Å². The lowest BCUT2D eigenvalue weighted by Crippen LogP contribution is -2.49. The van der Waals surface area contributed by atoms with E-state index in [1.165, 1.54) is 64.1 Å². The van der Waals surface area contributed by atoms with E-state index in [9.17, 15) is 0 Å². The van der Waals surface area contributed by atoms with E-state index in [0.717, 1.165) is 12.5 Å². The van der Waals surface area contributed by atoms with Crippen LogP contribution < -0.4 is 0 Å². The Morgan fingerprint density at radius 1 is 1.04 bits per heavy atom. The van der Waals surface area contributed by atoms with Gasteiger partial charge in [0.05, 0.1) is 5.60 Å². The van der Waals surface area contributed by atoms with Crippen LogP contribution in [-0.2, 0) is 11.2 Å². The molecule has 23 heavy (non-hydrogen) atoms. The zero-order chi connectivity index (χ0) is 16.1. The number of benzene rings is 1. The molecule has 3 rings (SSSR count). The summed E-state index contributed by atoms with van der Waals surface area (Å²) in [5.74, 6) is 0.814. The molecular formula is C20H32N2O. The quantitative estimate of drug-likeness (QED) is 0.830. The Morgan fingerprint density at radius 2 is 1.74 bits per heavy atom. The van der Waals surface area contributed by atoms with E-state index in [0.29, 0.717) is 0 Å². The summed E-state index contributed by atoms with van der Waals surface area (Å²) in [5.41, 5.74) is 1.54. The predicted molar refractivity (Wildman–Crippen MR) is 95.8 cm³/mol. The highest BCUT2D eigenvalue weighted by Crippen LogP contribution is 2.29. The summed E-state index contributed by atoms with van der Waals surface area (Å²) in [6.45, 7) is 12.8. The lowest BCUT2D eigenvalue weighted by molar-refractivity contribution is -0.0781. The first-order valence-corrected chi connectivity index (χ1v) is 9.23. The second-order valence-corrected chi connectivity index (χ2v) is 7.84. The fourth-order valence-corrected chi connectivity index (χ4v) is 4.01.